The molecular formula is C19H21N5O2S. The van der Waals surface area contributed by atoms with Gasteiger partial charge in [-0.1, -0.05) is 12.1 Å². The molecule has 8 heteroatoms. The van der Waals surface area contributed by atoms with Crippen molar-refractivity contribution in [3.05, 3.63) is 58.2 Å². The second-order valence-corrected chi connectivity index (χ2v) is 7.64. The number of imidazole rings is 1. The lowest BCUT2D eigenvalue weighted by Crippen LogP contribution is -2.40. The molecule has 0 radical (unpaired) electrons. The molecule has 140 valence electrons. The van der Waals surface area contributed by atoms with E-state index in [2.05, 4.69) is 20.9 Å². The van der Waals surface area contributed by atoms with Crippen molar-refractivity contribution in [3.8, 4) is 0 Å². The Kier molecular flexibility index (Phi) is 4.91. The lowest BCUT2D eigenvalue weighted by molar-refractivity contribution is -0.123. The highest BCUT2D eigenvalue weighted by Crippen LogP contribution is 2.13. The molecule has 1 aliphatic heterocycles. The molecule has 4 rings (SSSR count). The Morgan fingerprint density at radius 2 is 2.26 bits per heavy atom. The normalized spacial score (nSPS) is 19.3. The summed E-state index contributed by atoms with van der Waals surface area (Å²) < 4.78 is 1.99. The van der Waals surface area contributed by atoms with E-state index in [0.29, 0.717) is 24.4 Å². The summed E-state index contributed by atoms with van der Waals surface area (Å²) in [6.45, 7) is 3.01. The smallest absolute Gasteiger partial charge is 0.261 e. The second kappa shape index (κ2) is 7.50. The van der Waals surface area contributed by atoms with Gasteiger partial charge in [-0.05, 0) is 36.4 Å². The van der Waals surface area contributed by atoms with Crippen molar-refractivity contribution in [2.75, 3.05) is 6.54 Å². The van der Waals surface area contributed by atoms with Gasteiger partial charge in [-0.3, -0.25) is 9.59 Å². The number of aromatic nitrogens is 2. The third-order valence-electron chi connectivity index (χ3n) is 4.78. The maximum atomic E-state index is 12.5. The third-order valence-corrected chi connectivity index (χ3v) is 5.65. The zero-order chi connectivity index (χ0) is 18.8. The molecule has 0 spiro atoms. The van der Waals surface area contributed by atoms with Crippen LogP contribution in [-0.2, 0) is 11.3 Å². The summed E-state index contributed by atoms with van der Waals surface area (Å²) in [6, 6.07) is 7.27. The number of nitrogens with zero attached hydrogens (tertiary/aromatic N) is 2. The molecule has 0 bridgehead atoms. The van der Waals surface area contributed by atoms with Crippen molar-refractivity contribution < 1.29 is 9.59 Å². The molecule has 3 N–H and O–H groups in total. The average Bonchev–Trinajstić information content (AvgIpc) is 3.40. The Morgan fingerprint density at radius 3 is 3.07 bits per heavy atom. The minimum atomic E-state index is -0.306. The standard InChI is InChI=1S/C19H21N5O2S/c1-12-4-2-6-24-14(10-21-17(12)24)11-22-18(25)15-8-13(9-20-15)23-19(26)16-5-3-7-27-16/h2-7,10,13,15,20H,8-9,11H2,1H3,(H,22,25)(H,23,26)/t13-,15+/m1/s1. The van der Waals surface area contributed by atoms with E-state index in [0.717, 1.165) is 16.9 Å². The van der Waals surface area contributed by atoms with Crippen LogP contribution in [0.2, 0.25) is 0 Å². The van der Waals surface area contributed by atoms with Crippen molar-refractivity contribution in [3.63, 3.8) is 0 Å². The molecule has 0 saturated carbocycles. The predicted molar refractivity (Wildman–Crippen MR) is 104 cm³/mol. The minimum Gasteiger partial charge on any atom is -0.349 e. The summed E-state index contributed by atoms with van der Waals surface area (Å²) in [7, 11) is 0. The lowest BCUT2D eigenvalue weighted by atomic mass is 10.1. The van der Waals surface area contributed by atoms with Crippen molar-refractivity contribution in [2.45, 2.75) is 32.0 Å². The number of hydrogen-bond donors (Lipinski definition) is 3. The van der Waals surface area contributed by atoms with E-state index in [1.54, 1.807) is 12.3 Å². The molecule has 1 aliphatic rings. The van der Waals surface area contributed by atoms with Crippen LogP contribution in [0, 0.1) is 6.92 Å². The fourth-order valence-electron chi connectivity index (χ4n) is 3.34. The highest BCUT2D eigenvalue weighted by atomic mass is 32.1. The highest BCUT2D eigenvalue weighted by Gasteiger charge is 2.30. The van der Waals surface area contributed by atoms with Gasteiger partial charge in [0.25, 0.3) is 5.91 Å². The third kappa shape index (κ3) is 3.72. The second-order valence-electron chi connectivity index (χ2n) is 6.70. The molecule has 0 aliphatic carbocycles. The molecule has 0 aromatic carbocycles. The monoisotopic (exact) mass is 383 g/mol. The van der Waals surface area contributed by atoms with Gasteiger partial charge < -0.3 is 20.4 Å². The van der Waals surface area contributed by atoms with Gasteiger partial charge in [-0.2, -0.15) is 0 Å². The number of amides is 2. The fraction of sp³-hybridized carbons (Fsp3) is 0.316. The van der Waals surface area contributed by atoms with Crippen LogP contribution >= 0.6 is 11.3 Å². The number of hydrogen-bond acceptors (Lipinski definition) is 5. The number of pyridine rings is 1. The average molecular weight is 383 g/mol. The maximum Gasteiger partial charge on any atom is 0.261 e. The number of aryl methyl sites for hydroxylation is 1. The van der Waals surface area contributed by atoms with Gasteiger partial charge in [0.1, 0.15) is 5.65 Å². The van der Waals surface area contributed by atoms with Crippen LogP contribution in [0.25, 0.3) is 5.65 Å². The first-order valence-corrected chi connectivity index (χ1v) is 9.77. The number of carbonyl (C=O) groups is 2. The Bertz CT molecular complexity index is 966. The topological polar surface area (TPSA) is 87.5 Å². The number of thiophene rings is 1. The first-order chi connectivity index (χ1) is 13.1. The number of fused-ring (bicyclic) bond motifs is 1. The van der Waals surface area contributed by atoms with Crippen LogP contribution < -0.4 is 16.0 Å². The van der Waals surface area contributed by atoms with Crippen LogP contribution in [-0.4, -0.2) is 39.8 Å². The first kappa shape index (κ1) is 17.7. The van der Waals surface area contributed by atoms with E-state index in [1.807, 2.05) is 41.1 Å². The number of rotatable bonds is 5. The first-order valence-electron chi connectivity index (χ1n) is 8.89. The van der Waals surface area contributed by atoms with Crippen LogP contribution in [0.5, 0.6) is 0 Å². The van der Waals surface area contributed by atoms with Gasteiger partial charge in [0.2, 0.25) is 5.91 Å². The molecular weight excluding hydrogens is 362 g/mol. The summed E-state index contributed by atoms with van der Waals surface area (Å²) >= 11 is 1.41. The molecule has 3 aromatic heterocycles. The summed E-state index contributed by atoms with van der Waals surface area (Å²) in [6.07, 6.45) is 4.31. The molecule has 2 atom stereocenters. The number of carbonyl (C=O) groups excluding carboxylic acids is 2. The predicted octanol–water partition coefficient (Wildman–Crippen LogP) is 1.48. The van der Waals surface area contributed by atoms with Gasteiger partial charge in [-0.25, -0.2) is 4.98 Å². The quantitative estimate of drug-likeness (QED) is 0.623. The van der Waals surface area contributed by atoms with Gasteiger partial charge in [-0.15, -0.1) is 11.3 Å². The van der Waals surface area contributed by atoms with E-state index in [-0.39, 0.29) is 23.9 Å². The molecule has 1 saturated heterocycles. The summed E-state index contributed by atoms with van der Waals surface area (Å²) in [5, 5.41) is 11.0. The van der Waals surface area contributed by atoms with Gasteiger partial charge in [0, 0.05) is 18.8 Å². The Balaban J connectivity index is 1.31. The van der Waals surface area contributed by atoms with E-state index < -0.39 is 0 Å². The van der Waals surface area contributed by atoms with E-state index >= 15 is 0 Å². The Morgan fingerprint density at radius 1 is 1.37 bits per heavy atom. The zero-order valence-electron chi connectivity index (χ0n) is 14.9. The Hall–Kier alpha value is -2.71. The molecule has 4 heterocycles. The molecule has 2 amide bonds. The van der Waals surface area contributed by atoms with Crippen LogP contribution in [0.15, 0.2) is 42.0 Å². The maximum absolute atomic E-state index is 12.5. The van der Waals surface area contributed by atoms with Gasteiger partial charge in [0.05, 0.1) is 29.4 Å². The largest absolute Gasteiger partial charge is 0.349 e. The minimum absolute atomic E-state index is 0.0474. The van der Waals surface area contributed by atoms with E-state index in [1.165, 1.54) is 11.3 Å². The number of nitrogens with one attached hydrogen (secondary N) is 3. The molecule has 7 nitrogen and oxygen atoms in total. The summed E-state index contributed by atoms with van der Waals surface area (Å²) in [4.78, 5) is 29.7. The molecule has 3 aromatic rings. The summed E-state index contributed by atoms with van der Waals surface area (Å²) in [5.74, 6) is -0.149. The van der Waals surface area contributed by atoms with Crippen molar-refractivity contribution in [2.24, 2.45) is 0 Å². The van der Waals surface area contributed by atoms with Gasteiger partial charge >= 0.3 is 0 Å². The van der Waals surface area contributed by atoms with E-state index in [4.69, 9.17) is 0 Å². The molecule has 0 unspecified atom stereocenters. The van der Waals surface area contributed by atoms with E-state index in [9.17, 15) is 9.59 Å². The van der Waals surface area contributed by atoms with Crippen LogP contribution in [0.3, 0.4) is 0 Å². The summed E-state index contributed by atoms with van der Waals surface area (Å²) in [5.41, 5.74) is 2.93. The highest BCUT2D eigenvalue weighted by molar-refractivity contribution is 7.12. The van der Waals surface area contributed by atoms with Crippen LogP contribution in [0.1, 0.15) is 27.3 Å². The van der Waals surface area contributed by atoms with Gasteiger partial charge in [0.15, 0.2) is 0 Å². The van der Waals surface area contributed by atoms with Crippen molar-refractivity contribution >= 4 is 28.8 Å². The molecule has 27 heavy (non-hydrogen) atoms. The van der Waals surface area contributed by atoms with Crippen LogP contribution in [0.4, 0.5) is 0 Å². The Labute approximate surface area is 160 Å². The van der Waals surface area contributed by atoms with Crippen molar-refractivity contribution in [1.82, 2.24) is 25.3 Å². The zero-order valence-corrected chi connectivity index (χ0v) is 15.8. The van der Waals surface area contributed by atoms with Crippen molar-refractivity contribution in [1.29, 1.82) is 0 Å². The fourth-order valence-corrected chi connectivity index (χ4v) is 3.97. The lowest BCUT2D eigenvalue weighted by Gasteiger charge is -2.12. The SMILES string of the molecule is Cc1cccn2c(CNC(=O)[C@@H]3C[C@@H](NC(=O)c4cccs4)CN3)cnc12. The molecule has 1 fully saturated rings.